The molecule has 0 aliphatic carbocycles. The number of amides is 1. The summed E-state index contributed by atoms with van der Waals surface area (Å²) in [6.07, 6.45) is -5.08. The molecule has 10 nitrogen and oxygen atoms in total. The Labute approximate surface area is 269 Å². The number of hydrogen-bond acceptors (Lipinski definition) is 7. The molecule has 1 atom stereocenters. The number of benzene rings is 4. The predicted octanol–water partition coefficient (Wildman–Crippen LogP) is 5.13. The average molecular weight is 672 g/mol. The van der Waals surface area contributed by atoms with Gasteiger partial charge in [0.05, 0.1) is 37.3 Å². The molecule has 2 heterocycles. The van der Waals surface area contributed by atoms with Gasteiger partial charge in [-0.05, 0) is 35.9 Å². The van der Waals surface area contributed by atoms with Crippen LogP contribution in [0, 0.1) is 0 Å². The summed E-state index contributed by atoms with van der Waals surface area (Å²) >= 11 is 0. The maximum absolute atomic E-state index is 14.2. The predicted molar refractivity (Wildman–Crippen MR) is 170 cm³/mol. The number of nitrogens with zero attached hydrogens (tertiary/aromatic N) is 3. The number of fused-ring (bicyclic) bond motifs is 2. The Hall–Kier alpha value is -4.98. The van der Waals surface area contributed by atoms with Crippen LogP contribution in [-0.4, -0.2) is 83.4 Å². The number of para-hydroxylation sites is 1. The number of aliphatic carboxylic acids is 1. The number of carbonyl (C=O) groups excluding carboxylic acids is 1. The number of carboxylic acid groups (broad SMARTS) is 1. The van der Waals surface area contributed by atoms with Gasteiger partial charge in [-0.25, -0.2) is 13.2 Å². The molecule has 4 aromatic carbocycles. The number of halogens is 3. The average Bonchev–Trinajstić information content (AvgIpc) is 3.48. The van der Waals surface area contributed by atoms with Crippen LogP contribution in [0.15, 0.2) is 89.8 Å². The number of rotatable bonds is 6. The zero-order valence-electron chi connectivity index (χ0n) is 25.5. The van der Waals surface area contributed by atoms with Gasteiger partial charge in [0.15, 0.2) is 0 Å². The summed E-state index contributed by atoms with van der Waals surface area (Å²) in [7, 11) is -0.748. The molecule has 248 valence electrons. The molecule has 47 heavy (non-hydrogen) atoms. The van der Waals surface area contributed by atoms with Gasteiger partial charge in [0.2, 0.25) is 5.91 Å². The summed E-state index contributed by atoms with van der Waals surface area (Å²) < 4.78 is 72.3. The molecule has 6 rings (SSSR count). The van der Waals surface area contributed by atoms with E-state index in [1.165, 1.54) is 4.31 Å². The number of anilines is 2. The largest absolute Gasteiger partial charge is 0.497 e. The van der Waals surface area contributed by atoms with Crippen molar-refractivity contribution >= 4 is 44.0 Å². The van der Waals surface area contributed by atoms with Crippen molar-refractivity contribution in [2.75, 3.05) is 56.1 Å². The summed E-state index contributed by atoms with van der Waals surface area (Å²) in [6, 6.07) is 25.8. The fourth-order valence-corrected chi connectivity index (χ4v) is 7.49. The maximum atomic E-state index is 14.2. The second-order valence-corrected chi connectivity index (χ2v) is 12.6. The Morgan fingerprint density at radius 1 is 0.830 bits per heavy atom. The minimum absolute atomic E-state index is 0.0463. The van der Waals surface area contributed by atoms with Gasteiger partial charge in [-0.3, -0.25) is 9.10 Å². The van der Waals surface area contributed by atoms with E-state index >= 15 is 0 Å². The molecule has 1 fully saturated rings. The highest BCUT2D eigenvalue weighted by atomic mass is 32.2. The highest BCUT2D eigenvalue weighted by Crippen LogP contribution is 2.42. The molecule has 0 radical (unpaired) electrons. The van der Waals surface area contributed by atoms with Gasteiger partial charge < -0.3 is 24.4 Å². The Morgan fingerprint density at radius 2 is 1.47 bits per heavy atom. The molecule has 0 saturated carbocycles. The van der Waals surface area contributed by atoms with E-state index in [0.29, 0.717) is 43.0 Å². The van der Waals surface area contributed by atoms with E-state index < -0.39 is 28.1 Å². The van der Waals surface area contributed by atoms with Crippen LogP contribution in [0.1, 0.15) is 11.5 Å². The molecule has 1 N–H and O–H groups in total. The van der Waals surface area contributed by atoms with Crippen molar-refractivity contribution in [3.8, 4) is 11.5 Å². The van der Waals surface area contributed by atoms with Crippen LogP contribution in [0.2, 0.25) is 0 Å². The van der Waals surface area contributed by atoms with Gasteiger partial charge in [-0.2, -0.15) is 13.2 Å². The van der Waals surface area contributed by atoms with Crippen LogP contribution >= 0.6 is 0 Å². The Bertz CT molecular complexity index is 1890. The van der Waals surface area contributed by atoms with Crippen molar-refractivity contribution in [3.63, 3.8) is 0 Å². The summed E-state index contributed by atoms with van der Waals surface area (Å²) in [5, 5.41) is 8.43. The Kier molecular flexibility index (Phi) is 9.52. The lowest BCUT2D eigenvalue weighted by molar-refractivity contribution is -0.192. The molecule has 1 unspecified atom stereocenters. The van der Waals surface area contributed by atoms with E-state index in [0.717, 1.165) is 22.4 Å². The molecular formula is C33H32F3N3O7S. The van der Waals surface area contributed by atoms with Gasteiger partial charge in [0.1, 0.15) is 11.5 Å². The lowest BCUT2D eigenvalue weighted by Gasteiger charge is -2.37. The van der Waals surface area contributed by atoms with Crippen molar-refractivity contribution < 1.29 is 45.8 Å². The summed E-state index contributed by atoms with van der Waals surface area (Å²) in [5.41, 5.74) is 2.35. The smallest absolute Gasteiger partial charge is 0.490 e. The molecule has 4 aromatic rings. The zero-order valence-corrected chi connectivity index (χ0v) is 26.3. The first kappa shape index (κ1) is 33.4. The highest BCUT2D eigenvalue weighted by molar-refractivity contribution is 7.93. The zero-order chi connectivity index (χ0) is 33.9. The van der Waals surface area contributed by atoms with Crippen molar-refractivity contribution in [2.24, 2.45) is 0 Å². The first-order chi connectivity index (χ1) is 22.4. The Balaban J connectivity index is 0.000000559. The second-order valence-electron chi connectivity index (χ2n) is 10.8. The minimum Gasteiger partial charge on any atom is -0.497 e. The van der Waals surface area contributed by atoms with Crippen LogP contribution in [0.4, 0.5) is 24.5 Å². The molecular weight excluding hydrogens is 639 g/mol. The minimum atomic E-state index is -5.08. The van der Waals surface area contributed by atoms with Crippen LogP contribution in [-0.2, 0) is 19.6 Å². The number of carboxylic acids is 1. The first-order valence-corrected chi connectivity index (χ1v) is 16.0. The Morgan fingerprint density at radius 3 is 2.11 bits per heavy atom. The third-order valence-corrected chi connectivity index (χ3v) is 9.95. The molecule has 1 amide bonds. The number of carbonyl (C=O) groups is 2. The van der Waals surface area contributed by atoms with E-state index in [1.807, 2.05) is 65.6 Å². The van der Waals surface area contributed by atoms with Crippen LogP contribution in [0.5, 0.6) is 11.5 Å². The van der Waals surface area contributed by atoms with Crippen molar-refractivity contribution in [1.82, 2.24) is 4.90 Å². The molecule has 0 spiro atoms. The fourth-order valence-electron chi connectivity index (χ4n) is 5.79. The number of hydrogen-bond donors (Lipinski definition) is 1. The van der Waals surface area contributed by atoms with E-state index in [9.17, 15) is 26.4 Å². The summed E-state index contributed by atoms with van der Waals surface area (Å²) in [5.74, 6) is -1.97. The van der Waals surface area contributed by atoms with Crippen LogP contribution in [0.3, 0.4) is 0 Å². The number of methoxy groups -OCH3 is 2. The third-order valence-electron chi connectivity index (χ3n) is 8.11. The quantitative estimate of drug-likeness (QED) is 0.300. The molecule has 14 heteroatoms. The highest BCUT2D eigenvalue weighted by Gasteiger charge is 2.42. The lowest BCUT2D eigenvalue weighted by Crippen LogP contribution is -2.50. The normalized spacial score (nSPS) is 16.3. The van der Waals surface area contributed by atoms with E-state index in [1.54, 1.807) is 38.5 Å². The number of piperazine rings is 1. The van der Waals surface area contributed by atoms with Gasteiger partial charge in [0.25, 0.3) is 10.0 Å². The van der Waals surface area contributed by atoms with Gasteiger partial charge >= 0.3 is 12.1 Å². The van der Waals surface area contributed by atoms with E-state index in [-0.39, 0.29) is 17.3 Å². The second kappa shape index (κ2) is 13.4. The molecule has 0 bridgehead atoms. The number of ether oxygens (including phenoxy) is 2. The van der Waals surface area contributed by atoms with E-state index in [2.05, 4.69) is 4.90 Å². The fraction of sp³-hybridized carbons (Fsp3) is 0.273. The molecule has 1 saturated heterocycles. The van der Waals surface area contributed by atoms with Gasteiger partial charge in [0, 0.05) is 48.7 Å². The van der Waals surface area contributed by atoms with Gasteiger partial charge in [-0.15, -0.1) is 0 Å². The van der Waals surface area contributed by atoms with Crippen molar-refractivity contribution in [1.29, 1.82) is 0 Å². The standard InChI is InChI=1S/C31H31N3O5S.C2HF3O2/c1-38-23-9-7-8-22(20-23)32-16-18-33(19-17-32)31(35)27-21-34(28-13-6-5-10-24(27)28)40(36,37)30-15-14-29(39-2)25-11-3-4-12-26(25)30;3-2(4,5)1(6)7/h3-15,20,27H,16-19,21H2,1-2H3;(H,6,7). The van der Waals surface area contributed by atoms with E-state index in [4.69, 9.17) is 19.4 Å². The lowest BCUT2D eigenvalue weighted by atomic mass is 9.99. The number of alkyl halides is 3. The van der Waals surface area contributed by atoms with Crippen molar-refractivity contribution in [2.45, 2.75) is 17.0 Å². The number of sulfonamides is 1. The molecule has 2 aliphatic heterocycles. The van der Waals surface area contributed by atoms with Crippen LogP contribution in [0.25, 0.3) is 10.8 Å². The molecule has 2 aliphatic rings. The van der Waals surface area contributed by atoms with Gasteiger partial charge in [-0.1, -0.05) is 48.5 Å². The first-order valence-electron chi connectivity index (χ1n) is 14.5. The summed E-state index contributed by atoms with van der Waals surface area (Å²) in [4.78, 5) is 27.0. The molecule has 0 aromatic heterocycles. The van der Waals surface area contributed by atoms with Crippen LogP contribution < -0.4 is 18.7 Å². The topological polar surface area (TPSA) is 117 Å². The summed E-state index contributed by atoms with van der Waals surface area (Å²) in [6.45, 7) is 2.56. The maximum Gasteiger partial charge on any atom is 0.490 e. The third kappa shape index (κ3) is 6.77. The SMILES string of the molecule is COc1cccc(N2CCN(C(=O)C3CN(S(=O)(=O)c4ccc(OC)c5ccccc45)c4ccccc43)CC2)c1.O=C(O)C(F)(F)F. The monoisotopic (exact) mass is 671 g/mol. The van der Waals surface area contributed by atoms with Crippen molar-refractivity contribution in [3.05, 3.63) is 90.5 Å².